The summed E-state index contributed by atoms with van der Waals surface area (Å²) in [5, 5.41) is 4.03. The van der Waals surface area contributed by atoms with Crippen molar-refractivity contribution in [1.82, 2.24) is 20.1 Å². The first-order chi connectivity index (χ1) is 12.7. The molecule has 0 saturated carbocycles. The molecule has 1 aromatic heterocycles. The first-order valence-electron chi connectivity index (χ1n) is 9.48. The smallest absolute Gasteiger partial charge is 0.317 e. The van der Waals surface area contributed by atoms with E-state index in [0.717, 1.165) is 28.3 Å². The van der Waals surface area contributed by atoms with E-state index in [1.54, 1.807) is 16.2 Å². The lowest BCUT2D eigenvalue weighted by molar-refractivity contribution is -0.0948. The number of hydrogen-bond donors (Lipinski definition) is 1. The van der Waals surface area contributed by atoms with Crippen LogP contribution in [0.4, 0.5) is 4.79 Å². The molecule has 1 aromatic carbocycles. The number of thiazole rings is 1. The number of carbonyl (C=O) groups is 1. The Balaban J connectivity index is 1.54. The monoisotopic (exact) mass is 390 g/mol. The number of carbonyl (C=O) groups excluding carboxylic acids is 1. The van der Waals surface area contributed by atoms with Crippen LogP contribution in [0.1, 0.15) is 32.7 Å². The second kappa shape index (κ2) is 8.12. The van der Waals surface area contributed by atoms with E-state index in [1.165, 1.54) is 0 Å². The van der Waals surface area contributed by atoms with Crippen molar-refractivity contribution in [3.63, 3.8) is 0 Å². The number of hydrogen-bond acceptors (Lipinski definition) is 5. The number of urea groups is 1. The van der Waals surface area contributed by atoms with E-state index in [1.807, 2.05) is 25.2 Å². The number of ether oxygens (including phenoxy) is 1. The lowest BCUT2D eigenvalue weighted by atomic mass is 10.00. The van der Waals surface area contributed by atoms with Gasteiger partial charge in [-0.3, -0.25) is 4.90 Å². The SMILES string of the molecule is CC1CN(C(C)(C)CNC(=O)N(C)Cc2nc3ccccc3s2)CC(C)O1. The van der Waals surface area contributed by atoms with E-state index < -0.39 is 0 Å². The summed E-state index contributed by atoms with van der Waals surface area (Å²) in [6.45, 7) is 11.4. The minimum atomic E-state index is -0.126. The first-order valence-corrected chi connectivity index (χ1v) is 10.3. The van der Waals surface area contributed by atoms with Crippen LogP contribution in [-0.4, -0.2) is 65.2 Å². The summed E-state index contributed by atoms with van der Waals surface area (Å²) in [5.41, 5.74) is 0.863. The lowest BCUT2D eigenvalue weighted by Gasteiger charge is -2.45. The third kappa shape index (κ3) is 4.97. The molecule has 1 N–H and O–H groups in total. The highest BCUT2D eigenvalue weighted by Crippen LogP contribution is 2.23. The van der Waals surface area contributed by atoms with Gasteiger partial charge in [-0.1, -0.05) is 12.1 Å². The van der Waals surface area contributed by atoms with Gasteiger partial charge in [0.25, 0.3) is 0 Å². The van der Waals surface area contributed by atoms with Crippen LogP contribution in [0.3, 0.4) is 0 Å². The Labute approximate surface area is 165 Å². The van der Waals surface area contributed by atoms with Gasteiger partial charge in [-0.05, 0) is 39.8 Å². The van der Waals surface area contributed by atoms with Gasteiger partial charge in [0.2, 0.25) is 0 Å². The number of rotatable bonds is 5. The molecule has 27 heavy (non-hydrogen) atoms. The molecule has 6 nitrogen and oxygen atoms in total. The third-order valence-corrected chi connectivity index (χ3v) is 6.03. The average molecular weight is 391 g/mol. The van der Waals surface area contributed by atoms with Crippen LogP contribution >= 0.6 is 11.3 Å². The van der Waals surface area contributed by atoms with Gasteiger partial charge >= 0.3 is 6.03 Å². The molecule has 3 rings (SSSR count). The second-order valence-corrected chi connectivity index (χ2v) is 9.18. The number of nitrogens with zero attached hydrogens (tertiary/aromatic N) is 3. The summed E-state index contributed by atoms with van der Waals surface area (Å²) in [6, 6.07) is 7.98. The molecule has 1 fully saturated rings. The first kappa shape index (κ1) is 20.0. The number of fused-ring (bicyclic) bond motifs is 1. The van der Waals surface area contributed by atoms with Crippen LogP contribution < -0.4 is 5.32 Å². The van der Waals surface area contributed by atoms with Gasteiger partial charge in [0.05, 0.1) is 29.0 Å². The van der Waals surface area contributed by atoms with Crippen LogP contribution in [0.25, 0.3) is 10.2 Å². The van der Waals surface area contributed by atoms with E-state index in [2.05, 4.69) is 49.0 Å². The molecule has 2 atom stereocenters. The molecule has 1 aliphatic heterocycles. The molecule has 2 heterocycles. The number of benzene rings is 1. The summed E-state index contributed by atoms with van der Waals surface area (Å²) in [7, 11) is 1.81. The summed E-state index contributed by atoms with van der Waals surface area (Å²) in [4.78, 5) is 21.3. The standard InChI is InChI=1S/C20H30N4O2S/c1-14-10-24(11-15(2)26-14)20(3,4)13-21-19(25)23(5)12-18-22-16-8-6-7-9-17(16)27-18/h6-9,14-15H,10-13H2,1-5H3,(H,21,25). The maximum Gasteiger partial charge on any atom is 0.317 e. The van der Waals surface area contributed by atoms with Gasteiger partial charge < -0.3 is 15.0 Å². The summed E-state index contributed by atoms with van der Waals surface area (Å²) >= 11 is 1.63. The fourth-order valence-corrected chi connectivity index (χ4v) is 4.49. The van der Waals surface area contributed by atoms with Crippen molar-refractivity contribution in [1.29, 1.82) is 0 Å². The maximum absolute atomic E-state index is 12.6. The Hall–Kier alpha value is -1.70. The fourth-order valence-electron chi connectivity index (χ4n) is 3.47. The predicted octanol–water partition coefficient (Wildman–Crippen LogP) is 3.33. The van der Waals surface area contributed by atoms with Crippen molar-refractivity contribution in [2.24, 2.45) is 0 Å². The highest BCUT2D eigenvalue weighted by Gasteiger charge is 2.33. The van der Waals surface area contributed by atoms with Crippen molar-refractivity contribution < 1.29 is 9.53 Å². The molecule has 2 amide bonds. The molecular formula is C20H30N4O2S. The molecule has 148 valence electrons. The number of para-hydroxylation sites is 1. The zero-order valence-corrected chi connectivity index (χ0v) is 17.7. The van der Waals surface area contributed by atoms with Crippen molar-refractivity contribution in [3.8, 4) is 0 Å². The van der Waals surface area contributed by atoms with Gasteiger partial charge in [-0.25, -0.2) is 9.78 Å². The number of amides is 2. The molecule has 1 saturated heterocycles. The van der Waals surface area contributed by atoms with Gasteiger partial charge in [-0.2, -0.15) is 0 Å². The number of aromatic nitrogens is 1. The molecule has 0 spiro atoms. The summed E-state index contributed by atoms with van der Waals surface area (Å²) in [6.07, 6.45) is 0.427. The molecule has 1 aliphatic rings. The predicted molar refractivity (Wildman–Crippen MR) is 110 cm³/mol. The highest BCUT2D eigenvalue weighted by atomic mass is 32.1. The molecule has 2 aromatic rings. The largest absolute Gasteiger partial charge is 0.373 e. The minimum Gasteiger partial charge on any atom is -0.373 e. The van der Waals surface area contributed by atoms with Crippen molar-refractivity contribution in [2.45, 2.75) is 52.0 Å². The molecule has 0 radical (unpaired) electrons. The quantitative estimate of drug-likeness (QED) is 0.851. The van der Waals surface area contributed by atoms with Gasteiger partial charge in [0.15, 0.2) is 0 Å². The van der Waals surface area contributed by atoms with Crippen LogP contribution in [0, 0.1) is 0 Å². The van der Waals surface area contributed by atoms with Crippen molar-refractivity contribution in [2.75, 3.05) is 26.7 Å². The van der Waals surface area contributed by atoms with E-state index >= 15 is 0 Å². The second-order valence-electron chi connectivity index (χ2n) is 8.06. The van der Waals surface area contributed by atoms with Gasteiger partial charge in [0.1, 0.15) is 5.01 Å². The van der Waals surface area contributed by atoms with Gasteiger partial charge in [0, 0.05) is 32.2 Å². The van der Waals surface area contributed by atoms with Crippen molar-refractivity contribution in [3.05, 3.63) is 29.3 Å². The number of nitrogens with one attached hydrogen (secondary N) is 1. The molecule has 0 bridgehead atoms. The van der Waals surface area contributed by atoms with E-state index in [4.69, 9.17) is 4.74 Å². The molecule has 2 unspecified atom stereocenters. The van der Waals surface area contributed by atoms with E-state index in [0.29, 0.717) is 13.1 Å². The topological polar surface area (TPSA) is 57.7 Å². The van der Waals surface area contributed by atoms with Crippen LogP contribution in [-0.2, 0) is 11.3 Å². The minimum absolute atomic E-state index is 0.0725. The van der Waals surface area contributed by atoms with E-state index in [-0.39, 0.29) is 23.8 Å². The normalized spacial score (nSPS) is 21.4. The van der Waals surface area contributed by atoms with Crippen LogP contribution in [0.15, 0.2) is 24.3 Å². The summed E-state index contributed by atoms with van der Waals surface area (Å²) < 4.78 is 6.97. The fraction of sp³-hybridized carbons (Fsp3) is 0.600. The van der Waals surface area contributed by atoms with Crippen molar-refractivity contribution >= 4 is 27.6 Å². The Morgan fingerprint density at radius 2 is 2.00 bits per heavy atom. The zero-order valence-electron chi connectivity index (χ0n) is 16.9. The Kier molecular flexibility index (Phi) is 6.03. The Bertz CT molecular complexity index is 748. The highest BCUT2D eigenvalue weighted by molar-refractivity contribution is 7.18. The van der Waals surface area contributed by atoms with Crippen LogP contribution in [0.2, 0.25) is 0 Å². The maximum atomic E-state index is 12.6. The van der Waals surface area contributed by atoms with Crippen LogP contribution in [0.5, 0.6) is 0 Å². The summed E-state index contributed by atoms with van der Waals surface area (Å²) in [5.74, 6) is 0. The Morgan fingerprint density at radius 3 is 2.67 bits per heavy atom. The van der Waals surface area contributed by atoms with E-state index in [9.17, 15) is 4.79 Å². The van der Waals surface area contributed by atoms with Gasteiger partial charge in [-0.15, -0.1) is 11.3 Å². The average Bonchev–Trinajstić information content (AvgIpc) is 3.01. The molecule has 0 aliphatic carbocycles. The third-order valence-electron chi connectivity index (χ3n) is 5.01. The zero-order chi connectivity index (χ0) is 19.6. The molecule has 7 heteroatoms. The lowest BCUT2D eigenvalue weighted by Crippen LogP contribution is -2.59. The number of morpholine rings is 1. The molecular weight excluding hydrogens is 360 g/mol. The Morgan fingerprint density at radius 1 is 1.33 bits per heavy atom.